The molecule has 0 spiro atoms. The van der Waals surface area contributed by atoms with Crippen molar-refractivity contribution in [2.24, 2.45) is 7.05 Å². The molecule has 0 unspecified atom stereocenters. The first kappa shape index (κ1) is 23.6. The van der Waals surface area contributed by atoms with Crippen molar-refractivity contribution in [3.05, 3.63) is 55.2 Å². The zero-order chi connectivity index (χ0) is 23.1. The summed E-state index contributed by atoms with van der Waals surface area (Å²) in [6.45, 7) is 2.82. The highest BCUT2D eigenvalue weighted by molar-refractivity contribution is 5.87. The Morgan fingerprint density at radius 3 is 2.19 bits per heavy atom. The number of hydrogen-bond donors (Lipinski definition) is 0. The highest BCUT2D eigenvalue weighted by Gasteiger charge is 2.19. The molecule has 8 nitrogen and oxygen atoms in total. The van der Waals surface area contributed by atoms with Gasteiger partial charge in [0.2, 0.25) is 0 Å². The molecule has 1 aromatic rings. The zero-order valence-corrected chi connectivity index (χ0v) is 19.0. The summed E-state index contributed by atoms with van der Waals surface area (Å²) in [5.41, 5.74) is -0.0373. The maximum atomic E-state index is 12.7. The van der Waals surface area contributed by atoms with E-state index in [1.165, 1.54) is 64.1 Å². The highest BCUT2D eigenvalue weighted by Crippen LogP contribution is 2.27. The molecule has 0 bridgehead atoms. The van der Waals surface area contributed by atoms with Crippen LogP contribution in [0.3, 0.4) is 0 Å². The Hall–Kier alpha value is -3.03. The average Bonchev–Trinajstić information content (AvgIpc) is 2.78. The lowest BCUT2D eigenvalue weighted by Gasteiger charge is -2.18. The Labute approximate surface area is 187 Å². The van der Waals surface area contributed by atoms with Gasteiger partial charge in [-0.05, 0) is 18.6 Å². The van der Waals surface area contributed by atoms with E-state index in [0.29, 0.717) is 23.3 Å². The van der Waals surface area contributed by atoms with Crippen LogP contribution in [0, 0.1) is 10.1 Å². The lowest BCUT2D eigenvalue weighted by atomic mass is 10.1. The van der Waals surface area contributed by atoms with E-state index in [2.05, 4.69) is 11.9 Å². The fourth-order valence-electron chi connectivity index (χ4n) is 4.19. The van der Waals surface area contributed by atoms with Crippen LogP contribution >= 0.6 is 0 Å². The molecule has 172 valence electrons. The fraction of sp³-hybridized carbons (Fsp3) is 0.542. The molecule has 32 heavy (non-hydrogen) atoms. The van der Waals surface area contributed by atoms with Crippen LogP contribution in [0.15, 0.2) is 33.9 Å². The molecule has 2 heterocycles. The summed E-state index contributed by atoms with van der Waals surface area (Å²) in [5, 5.41) is 11.8. The molecule has 0 fully saturated rings. The van der Waals surface area contributed by atoms with Crippen LogP contribution in [0.4, 0.5) is 5.69 Å². The van der Waals surface area contributed by atoms with Crippen molar-refractivity contribution < 1.29 is 4.92 Å². The molecule has 0 aliphatic carbocycles. The summed E-state index contributed by atoms with van der Waals surface area (Å²) >= 11 is 0. The fourth-order valence-corrected chi connectivity index (χ4v) is 4.19. The second kappa shape index (κ2) is 11.0. The molecule has 0 radical (unpaired) electrons. The number of non-ortho nitro benzene ring substituents is 1. The van der Waals surface area contributed by atoms with Crippen LogP contribution in [0.25, 0.3) is 22.3 Å². The van der Waals surface area contributed by atoms with E-state index < -0.39 is 16.2 Å². The van der Waals surface area contributed by atoms with Crippen LogP contribution < -0.4 is 11.2 Å². The average molecular weight is 441 g/mol. The predicted molar refractivity (Wildman–Crippen MR) is 126 cm³/mol. The van der Waals surface area contributed by atoms with Crippen molar-refractivity contribution in [3.63, 3.8) is 0 Å². The first-order valence-electron chi connectivity index (χ1n) is 11.6. The molecule has 2 aliphatic heterocycles. The molecular weight excluding hydrogens is 408 g/mol. The minimum Gasteiger partial charge on any atom is -0.325 e. The summed E-state index contributed by atoms with van der Waals surface area (Å²) in [7, 11) is 1.39. The van der Waals surface area contributed by atoms with Gasteiger partial charge >= 0.3 is 5.69 Å². The number of nitrogens with zero attached hydrogens (tertiary/aromatic N) is 4. The smallest absolute Gasteiger partial charge is 0.325 e. The molecule has 1 aromatic carbocycles. The van der Waals surface area contributed by atoms with E-state index in [4.69, 9.17) is 0 Å². The van der Waals surface area contributed by atoms with Gasteiger partial charge in [-0.3, -0.25) is 19.5 Å². The third-order valence-electron chi connectivity index (χ3n) is 6.07. The molecule has 0 amide bonds. The summed E-state index contributed by atoms with van der Waals surface area (Å²) < 4.78 is 2.83. The SMILES string of the molecule is CCCCCCCCCCCCn1c2nc(=O)n(C)c(=O)c-2cc2cc([N+](=O)[O-])ccc21. The highest BCUT2D eigenvalue weighted by atomic mass is 16.6. The van der Waals surface area contributed by atoms with Gasteiger partial charge in [-0.25, -0.2) is 4.79 Å². The minimum atomic E-state index is -0.597. The molecule has 0 aromatic heterocycles. The number of aryl methyl sites for hydroxylation is 1. The van der Waals surface area contributed by atoms with E-state index in [1.54, 1.807) is 12.1 Å². The summed E-state index contributed by atoms with van der Waals surface area (Å²) in [6.07, 6.45) is 12.1. The van der Waals surface area contributed by atoms with Gasteiger partial charge in [0.25, 0.3) is 11.2 Å². The summed E-state index contributed by atoms with van der Waals surface area (Å²) in [5.74, 6) is 0.343. The predicted octanol–water partition coefficient (Wildman–Crippen LogP) is 5.03. The number of nitro groups is 1. The molecule has 0 N–H and O–H groups in total. The van der Waals surface area contributed by atoms with Gasteiger partial charge in [0.1, 0.15) is 0 Å². The lowest BCUT2D eigenvalue weighted by molar-refractivity contribution is -0.384. The quantitative estimate of drug-likeness (QED) is 0.170. The monoisotopic (exact) mass is 440 g/mol. The summed E-state index contributed by atoms with van der Waals surface area (Å²) in [6, 6.07) is 6.19. The third-order valence-corrected chi connectivity index (χ3v) is 6.07. The number of fused-ring (bicyclic) bond motifs is 2. The molecule has 0 saturated carbocycles. The van der Waals surface area contributed by atoms with Crippen LogP contribution in [0.5, 0.6) is 0 Å². The maximum Gasteiger partial charge on any atom is 0.352 e. The van der Waals surface area contributed by atoms with E-state index in [-0.39, 0.29) is 5.69 Å². The van der Waals surface area contributed by atoms with Crippen molar-refractivity contribution in [3.8, 4) is 11.4 Å². The van der Waals surface area contributed by atoms with Crippen molar-refractivity contribution in [1.29, 1.82) is 0 Å². The van der Waals surface area contributed by atoms with Crippen molar-refractivity contribution >= 4 is 16.6 Å². The van der Waals surface area contributed by atoms with Crippen LogP contribution in [0.2, 0.25) is 0 Å². The Kier molecular flexibility index (Phi) is 8.14. The Balaban J connectivity index is 1.77. The number of unbranched alkanes of at least 4 members (excludes halogenated alkanes) is 9. The van der Waals surface area contributed by atoms with E-state index >= 15 is 0 Å². The van der Waals surface area contributed by atoms with Gasteiger partial charge in [0, 0.05) is 31.1 Å². The number of benzene rings is 1. The largest absolute Gasteiger partial charge is 0.352 e. The Morgan fingerprint density at radius 2 is 1.56 bits per heavy atom. The Bertz CT molecular complexity index is 1170. The van der Waals surface area contributed by atoms with Gasteiger partial charge in [0.15, 0.2) is 5.82 Å². The number of nitro benzene ring substituents is 1. The van der Waals surface area contributed by atoms with Gasteiger partial charge in [0.05, 0.1) is 16.0 Å². The molecule has 0 atom stereocenters. The van der Waals surface area contributed by atoms with Crippen molar-refractivity contribution in [2.75, 3.05) is 0 Å². The van der Waals surface area contributed by atoms with Gasteiger partial charge in [-0.1, -0.05) is 64.7 Å². The molecular formula is C24H32N4O4. The van der Waals surface area contributed by atoms with E-state index in [9.17, 15) is 19.7 Å². The third kappa shape index (κ3) is 5.41. The first-order chi connectivity index (χ1) is 15.4. The van der Waals surface area contributed by atoms with Crippen LogP contribution in [0.1, 0.15) is 71.1 Å². The number of pyridine rings is 1. The second-order valence-corrected chi connectivity index (χ2v) is 8.47. The number of hydrogen-bond acceptors (Lipinski definition) is 5. The lowest BCUT2D eigenvalue weighted by Crippen LogP contribution is -2.35. The van der Waals surface area contributed by atoms with Gasteiger partial charge in [-0.15, -0.1) is 0 Å². The van der Waals surface area contributed by atoms with Crippen LogP contribution in [-0.2, 0) is 13.6 Å². The normalized spacial score (nSPS) is 11.4. The number of rotatable bonds is 12. The topological polar surface area (TPSA) is 100 Å². The molecule has 3 rings (SSSR count). The second-order valence-electron chi connectivity index (χ2n) is 8.47. The zero-order valence-electron chi connectivity index (χ0n) is 19.0. The van der Waals surface area contributed by atoms with E-state index in [0.717, 1.165) is 29.3 Å². The van der Waals surface area contributed by atoms with E-state index in [1.807, 2.05) is 4.57 Å². The summed E-state index contributed by atoms with van der Waals surface area (Å²) in [4.78, 5) is 39.8. The molecule has 2 aliphatic rings. The van der Waals surface area contributed by atoms with Crippen molar-refractivity contribution in [1.82, 2.24) is 14.1 Å². The maximum absolute atomic E-state index is 12.7. The van der Waals surface area contributed by atoms with Gasteiger partial charge < -0.3 is 4.57 Å². The molecule has 8 heteroatoms. The molecule has 0 saturated heterocycles. The van der Waals surface area contributed by atoms with Crippen molar-refractivity contribution in [2.45, 2.75) is 77.7 Å². The number of aromatic nitrogens is 3. The minimum absolute atomic E-state index is 0.0347. The van der Waals surface area contributed by atoms with Crippen LogP contribution in [-0.4, -0.2) is 19.0 Å². The first-order valence-corrected chi connectivity index (χ1v) is 11.6. The van der Waals surface area contributed by atoms with Gasteiger partial charge in [-0.2, -0.15) is 4.98 Å². The standard InChI is InChI=1S/C24H32N4O4/c1-3-4-5-6-7-8-9-10-11-12-15-27-21-14-13-19(28(31)32)16-18(21)17-20-22(27)25-24(30)26(2)23(20)29/h13-14,16-17H,3-12,15H2,1-2H3. The Morgan fingerprint density at radius 1 is 0.938 bits per heavy atom.